The minimum atomic E-state index is -0.354. The van der Waals surface area contributed by atoms with E-state index in [1.165, 1.54) is 29.4 Å². The minimum absolute atomic E-state index is 0.00115. The number of carbonyl (C=O) groups is 2. The summed E-state index contributed by atoms with van der Waals surface area (Å²) in [5.41, 5.74) is 0.622. The lowest BCUT2D eigenvalue weighted by Crippen LogP contribution is -2.45. The van der Waals surface area contributed by atoms with Crippen LogP contribution >= 0.6 is 11.6 Å². The van der Waals surface area contributed by atoms with Gasteiger partial charge in [0.15, 0.2) is 0 Å². The van der Waals surface area contributed by atoms with Crippen LogP contribution in [-0.4, -0.2) is 58.6 Å². The number of nitrogens with one attached hydrogen (secondary N) is 1. The first-order chi connectivity index (χ1) is 15.0. The van der Waals surface area contributed by atoms with E-state index in [4.69, 9.17) is 16.3 Å². The first-order valence-electron chi connectivity index (χ1n) is 10.2. The van der Waals surface area contributed by atoms with Gasteiger partial charge >= 0.3 is 12.0 Å². The van der Waals surface area contributed by atoms with Gasteiger partial charge in [-0.2, -0.15) is 0 Å². The number of aromatic nitrogens is 2. The Morgan fingerprint density at radius 2 is 1.81 bits per heavy atom. The van der Waals surface area contributed by atoms with Gasteiger partial charge in [-0.25, -0.2) is 19.2 Å². The van der Waals surface area contributed by atoms with Crippen molar-refractivity contribution in [2.24, 2.45) is 0 Å². The Bertz CT molecular complexity index is 920. The van der Waals surface area contributed by atoms with Crippen LogP contribution in [0.4, 0.5) is 14.9 Å². The number of benzene rings is 1. The zero-order valence-corrected chi connectivity index (χ0v) is 17.6. The molecule has 0 radical (unpaired) electrons. The third-order valence-corrected chi connectivity index (χ3v) is 5.67. The van der Waals surface area contributed by atoms with Crippen molar-refractivity contribution >= 4 is 29.2 Å². The first kappa shape index (κ1) is 21.3. The average Bonchev–Trinajstić information content (AvgIpc) is 3.12. The van der Waals surface area contributed by atoms with E-state index in [9.17, 15) is 14.0 Å². The van der Waals surface area contributed by atoms with E-state index in [2.05, 4.69) is 15.3 Å². The van der Waals surface area contributed by atoms with E-state index in [1.54, 1.807) is 17.0 Å². The maximum Gasteiger partial charge on any atom is 0.325 e. The molecule has 2 aromatic rings. The number of ether oxygens (including phenoxy) is 1. The predicted molar refractivity (Wildman–Crippen MR) is 113 cm³/mol. The smallest absolute Gasteiger partial charge is 0.325 e. The number of rotatable bonds is 6. The Morgan fingerprint density at radius 1 is 1.13 bits per heavy atom. The number of amides is 3. The van der Waals surface area contributed by atoms with Crippen LogP contribution < -0.4 is 15.0 Å². The molecule has 0 spiro atoms. The predicted octanol–water partition coefficient (Wildman–Crippen LogP) is 3.02. The molecule has 1 N–H and O–H groups in total. The van der Waals surface area contributed by atoms with Crippen LogP contribution in [0, 0.1) is 5.82 Å². The summed E-state index contributed by atoms with van der Waals surface area (Å²) >= 11 is 5.78. The lowest BCUT2D eigenvalue weighted by molar-refractivity contribution is -0.122. The van der Waals surface area contributed by atoms with Crippen molar-refractivity contribution in [1.29, 1.82) is 0 Å². The number of hydrogen-bond acceptors (Lipinski definition) is 5. The number of urea groups is 1. The van der Waals surface area contributed by atoms with E-state index in [0.29, 0.717) is 29.8 Å². The number of anilines is 1. The molecule has 1 saturated carbocycles. The standard InChI is InChI=1S/C21H23ClFN5O3/c22-14-11-24-20(25-12-14)31-18-7-3-16(4-8-18)26-19(29)13-27-9-10-28(21(27)30)17-5-1-15(23)2-6-17/h1-2,5-6,11-12,16,18H,3-4,7-10,13H2,(H,26,29). The Hall–Kier alpha value is -2.94. The Balaban J connectivity index is 1.21. The van der Waals surface area contributed by atoms with Crippen LogP contribution in [0.3, 0.4) is 0 Å². The number of carbonyl (C=O) groups excluding carboxylic acids is 2. The third-order valence-electron chi connectivity index (χ3n) is 5.48. The van der Waals surface area contributed by atoms with Gasteiger partial charge in [0.2, 0.25) is 5.91 Å². The molecule has 164 valence electrons. The van der Waals surface area contributed by atoms with Gasteiger partial charge in [0.05, 0.1) is 17.4 Å². The summed E-state index contributed by atoms with van der Waals surface area (Å²) in [5, 5.41) is 3.47. The van der Waals surface area contributed by atoms with Gasteiger partial charge in [0.25, 0.3) is 0 Å². The topological polar surface area (TPSA) is 87.7 Å². The maximum atomic E-state index is 13.1. The minimum Gasteiger partial charge on any atom is -0.460 e. The van der Waals surface area contributed by atoms with E-state index >= 15 is 0 Å². The van der Waals surface area contributed by atoms with Gasteiger partial charge < -0.3 is 15.0 Å². The number of hydrogen-bond donors (Lipinski definition) is 1. The quantitative estimate of drug-likeness (QED) is 0.735. The summed E-state index contributed by atoms with van der Waals surface area (Å²) in [4.78, 5) is 36.2. The Morgan fingerprint density at radius 3 is 2.48 bits per heavy atom. The zero-order chi connectivity index (χ0) is 21.8. The number of nitrogens with zero attached hydrogens (tertiary/aromatic N) is 4. The summed E-state index contributed by atoms with van der Waals surface area (Å²) in [5.74, 6) is -0.535. The fourth-order valence-electron chi connectivity index (χ4n) is 3.87. The molecule has 1 saturated heterocycles. The number of halogens is 2. The van der Waals surface area contributed by atoms with Gasteiger partial charge in [0.1, 0.15) is 18.5 Å². The fraction of sp³-hybridized carbons (Fsp3) is 0.429. The van der Waals surface area contributed by atoms with E-state index in [1.807, 2.05) is 0 Å². The summed E-state index contributed by atoms with van der Waals surface area (Å²) in [7, 11) is 0. The molecule has 1 aromatic heterocycles. The second-order valence-electron chi connectivity index (χ2n) is 7.68. The van der Waals surface area contributed by atoms with Crippen molar-refractivity contribution in [3.05, 3.63) is 47.5 Å². The highest BCUT2D eigenvalue weighted by molar-refractivity contribution is 6.30. The van der Waals surface area contributed by atoms with Crippen LogP contribution in [0.2, 0.25) is 5.02 Å². The molecule has 8 nitrogen and oxygen atoms in total. The maximum absolute atomic E-state index is 13.1. The highest BCUT2D eigenvalue weighted by Gasteiger charge is 2.32. The molecule has 31 heavy (non-hydrogen) atoms. The second kappa shape index (κ2) is 9.47. The largest absolute Gasteiger partial charge is 0.460 e. The second-order valence-corrected chi connectivity index (χ2v) is 8.11. The fourth-order valence-corrected chi connectivity index (χ4v) is 3.97. The highest BCUT2D eigenvalue weighted by atomic mass is 35.5. The van der Waals surface area contributed by atoms with Crippen molar-refractivity contribution in [2.75, 3.05) is 24.5 Å². The van der Waals surface area contributed by atoms with Gasteiger partial charge in [0, 0.05) is 24.8 Å². The lowest BCUT2D eigenvalue weighted by atomic mass is 9.93. The van der Waals surface area contributed by atoms with Crippen molar-refractivity contribution < 1.29 is 18.7 Å². The molecule has 1 aliphatic heterocycles. The van der Waals surface area contributed by atoms with Crippen LogP contribution in [0.1, 0.15) is 25.7 Å². The van der Waals surface area contributed by atoms with E-state index < -0.39 is 0 Å². The monoisotopic (exact) mass is 447 g/mol. The van der Waals surface area contributed by atoms with Crippen LogP contribution in [-0.2, 0) is 4.79 Å². The van der Waals surface area contributed by atoms with Gasteiger partial charge in [-0.3, -0.25) is 9.69 Å². The highest BCUT2D eigenvalue weighted by Crippen LogP contribution is 2.23. The normalized spacial score (nSPS) is 21.3. The lowest BCUT2D eigenvalue weighted by Gasteiger charge is -2.29. The molecule has 3 amide bonds. The van der Waals surface area contributed by atoms with Crippen LogP contribution in [0.15, 0.2) is 36.7 Å². The van der Waals surface area contributed by atoms with Crippen molar-refractivity contribution in [3.8, 4) is 6.01 Å². The molecule has 1 aliphatic carbocycles. The molecular weight excluding hydrogens is 425 g/mol. The molecule has 0 bridgehead atoms. The van der Waals surface area contributed by atoms with Crippen molar-refractivity contribution in [3.63, 3.8) is 0 Å². The average molecular weight is 448 g/mol. The Labute approximate surface area is 184 Å². The van der Waals surface area contributed by atoms with Gasteiger partial charge in [-0.15, -0.1) is 0 Å². The molecule has 0 unspecified atom stereocenters. The summed E-state index contributed by atoms with van der Waals surface area (Å²) in [6, 6.07) is 5.86. The van der Waals surface area contributed by atoms with E-state index in [-0.39, 0.29) is 36.4 Å². The molecule has 4 rings (SSSR count). The van der Waals surface area contributed by atoms with Crippen LogP contribution in [0.25, 0.3) is 0 Å². The molecule has 2 aliphatic rings. The van der Waals surface area contributed by atoms with E-state index in [0.717, 1.165) is 25.7 Å². The Kier molecular flexibility index (Phi) is 6.50. The van der Waals surface area contributed by atoms with Crippen molar-refractivity contribution in [2.45, 2.75) is 37.8 Å². The summed E-state index contributed by atoms with van der Waals surface area (Å²) < 4.78 is 18.9. The third kappa shape index (κ3) is 5.41. The molecule has 2 fully saturated rings. The zero-order valence-electron chi connectivity index (χ0n) is 16.8. The molecular formula is C21H23ClFN5O3. The molecule has 1 aromatic carbocycles. The SMILES string of the molecule is O=C(CN1CCN(c2ccc(F)cc2)C1=O)NC1CCC(Oc2ncc(Cl)cn2)CC1. The first-order valence-corrected chi connectivity index (χ1v) is 10.6. The van der Waals surface area contributed by atoms with Crippen molar-refractivity contribution in [1.82, 2.24) is 20.2 Å². The summed E-state index contributed by atoms with van der Waals surface area (Å²) in [6.45, 7) is 0.920. The molecule has 0 atom stereocenters. The van der Waals surface area contributed by atoms with Gasteiger partial charge in [-0.1, -0.05) is 11.6 Å². The summed E-state index contributed by atoms with van der Waals surface area (Å²) in [6.07, 6.45) is 6.09. The van der Waals surface area contributed by atoms with Crippen LogP contribution in [0.5, 0.6) is 6.01 Å². The van der Waals surface area contributed by atoms with Gasteiger partial charge in [-0.05, 0) is 49.9 Å². The molecule has 2 heterocycles. The molecule has 10 heteroatoms.